The van der Waals surface area contributed by atoms with E-state index in [0.29, 0.717) is 11.9 Å². The van der Waals surface area contributed by atoms with Crippen molar-refractivity contribution >= 4 is 5.95 Å². The van der Waals surface area contributed by atoms with Crippen molar-refractivity contribution in [2.45, 2.75) is 31.7 Å². The summed E-state index contributed by atoms with van der Waals surface area (Å²) in [7, 11) is 1.38. The number of halogens is 2. The van der Waals surface area contributed by atoms with Gasteiger partial charge in [-0.1, -0.05) is 18.6 Å². The number of anilines is 1. The van der Waals surface area contributed by atoms with E-state index in [2.05, 4.69) is 15.3 Å². The number of nitrogens with one attached hydrogen (secondary N) is 1. The first-order valence-corrected chi connectivity index (χ1v) is 7.73. The quantitative estimate of drug-likeness (QED) is 0.915. The van der Waals surface area contributed by atoms with Crippen LogP contribution in [0.2, 0.25) is 0 Å². The molecule has 1 aliphatic rings. The number of hydrogen-bond donors (Lipinski definition) is 1. The van der Waals surface area contributed by atoms with E-state index in [1.54, 1.807) is 0 Å². The predicted octanol–water partition coefficient (Wildman–Crippen LogP) is 3.59. The second-order valence-corrected chi connectivity index (χ2v) is 5.82. The van der Waals surface area contributed by atoms with Gasteiger partial charge in [0, 0.05) is 6.04 Å². The molecule has 4 nitrogen and oxygen atoms in total. The van der Waals surface area contributed by atoms with Crippen molar-refractivity contribution in [1.29, 1.82) is 0 Å². The van der Waals surface area contributed by atoms with E-state index in [9.17, 15) is 8.78 Å². The van der Waals surface area contributed by atoms with Gasteiger partial charge >= 0.3 is 0 Å². The highest BCUT2D eigenvalue weighted by atomic mass is 19.1. The maximum Gasteiger partial charge on any atom is 0.255 e. The van der Waals surface area contributed by atoms with Gasteiger partial charge in [-0.2, -0.15) is 9.37 Å². The van der Waals surface area contributed by atoms with Crippen LogP contribution in [0.25, 0.3) is 0 Å². The Morgan fingerprint density at radius 2 is 2.00 bits per heavy atom. The van der Waals surface area contributed by atoms with Crippen LogP contribution in [0.15, 0.2) is 30.5 Å². The number of methoxy groups -OCH3 is 1. The van der Waals surface area contributed by atoms with Crippen molar-refractivity contribution in [3.63, 3.8) is 0 Å². The molecule has 6 heteroatoms. The highest BCUT2D eigenvalue weighted by molar-refractivity contribution is 5.31. The minimum Gasteiger partial charge on any atom is -0.479 e. The van der Waals surface area contributed by atoms with Crippen LogP contribution in [-0.4, -0.2) is 23.1 Å². The fraction of sp³-hybridized carbons (Fsp3) is 0.412. The zero-order valence-electron chi connectivity index (χ0n) is 12.9. The summed E-state index contributed by atoms with van der Waals surface area (Å²) < 4.78 is 31.3. The van der Waals surface area contributed by atoms with Crippen LogP contribution in [0.3, 0.4) is 0 Å². The van der Waals surface area contributed by atoms with Crippen LogP contribution in [-0.2, 0) is 6.42 Å². The molecular weight excluding hydrogens is 300 g/mol. The van der Waals surface area contributed by atoms with Gasteiger partial charge in [0.2, 0.25) is 11.8 Å². The normalized spacial score (nSPS) is 20.5. The lowest BCUT2D eigenvalue weighted by atomic mass is 9.94. The lowest BCUT2D eigenvalue weighted by Crippen LogP contribution is -2.26. The average Bonchev–Trinajstić information content (AvgIpc) is 2.98. The first-order chi connectivity index (χ1) is 11.2. The monoisotopic (exact) mass is 319 g/mol. The van der Waals surface area contributed by atoms with Gasteiger partial charge in [-0.25, -0.2) is 9.37 Å². The standard InChI is InChI=1S/C17H19F2N3O/c1-23-16-14(19)10-20-17(22-16)21-15-4-2-3-12(15)9-11-5-7-13(18)8-6-11/h5-8,10,12,15H,2-4,9H2,1H3,(H,20,21,22)/t12-,15-/m0/s1. The van der Waals surface area contributed by atoms with Crippen LogP contribution in [0.1, 0.15) is 24.8 Å². The second kappa shape index (κ2) is 6.89. The van der Waals surface area contributed by atoms with E-state index in [1.807, 2.05) is 12.1 Å². The first-order valence-electron chi connectivity index (χ1n) is 7.73. The zero-order chi connectivity index (χ0) is 16.2. The van der Waals surface area contributed by atoms with Crippen molar-refractivity contribution in [2.24, 2.45) is 5.92 Å². The molecule has 3 rings (SSSR count). The van der Waals surface area contributed by atoms with E-state index in [0.717, 1.165) is 37.4 Å². The summed E-state index contributed by atoms with van der Waals surface area (Å²) in [4.78, 5) is 8.01. The summed E-state index contributed by atoms with van der Waals surface area (Å²) in [6, 6.07) is 6.83. The molecule has 1 aromatic carbocycles. The third-order valence-corrected chi connectivity index (χ3v) is 4.29. The summed E-state index contributed by atoms with van der Waals surface area (Å²) in [5, 5.41) is 3.28. The Kier molecular flexibility index (Phi) is 4.69. The van der Waals surface area contributed by atoms with Crippen molar-refractivity contribution in [2.75, 3.05) is 12.4 Å². The molecule has 0 saturated heterocycles. The van der Waals surface area contributed by atoms with Gasteiger partial charge in [0.15, 0.2) is 0 Å². The summed E-state index contributed by atoms with van der Waals surface area (Å²) in [5.41, 5.74) is 1.11. The summed E-state index contributed by atoms with van der Waals surface area (Å²) in [6.45, 7) is 0. The lowest BCUT2D eigenvalue weighted by Gasteiger charge is -2.21. The van der Waals surface area contributed by atoms with Crippen LogP contribution in [0, 0.1) is 17.6 Å². The van der Waals surface area contributed by atoms with E-state index < -0.39 is 5.82 Å². The Balaban J connectivity index is 1.68. The van der Waals surface area contributed by atoms with Gasteiger partial charge in [-0.05, 0) is 42.9 Å². The molecule has 1 fully saturated rings. The molecule has 1 aliphatic carbocycles. The van der Waals surface area contributed by atoms with Crippen LogP contribution in [0.5, 0.6) is 5.88 Å². The molecule has 0 unspecified atom stereocenters. The van der Waals surface area contributed by atoms with Gasteiger partial charge in [0.05, 0.1) is 13.3 Å². The summed E-state index contributed by atoms with van der Waals surface area (Å²) >= 11 is 0. The van der Waals surface area contributed by atoms with Gasteiger partial charge in [0.25, 0.3) is 5.88 Å². The molecule has 1 aromatic heterocycles. The number of aromatic nitrogens is 2. The molecule has 0 amide bonds. The fourth-order valence-corrected chi connectivity index (χ4v) is 3.12. The molecule has 2 atom stereocenters. The van der Waals surface area contributed by atoms with Crippen molar-refractivity contribution < 1.29 is 13.5 Å². The Hall–Kier alpha value is -2.24. The number of ether oxygens (including phenoxy) is 1. The minimum atomic E-state index is -0.577. The average molecular weight is 319 g/mol. The minimum absolute atomic E-state index is 0.0596. The summed E-state index contributed by atoms with van der Waals surface area (Å²) in [6.07, 6.45) is 5.19. The molecule has 1 N–H and O–H groups in total. The smallest absolute Gasteiger partial charge is 0.255 e. The molecule has 0 bridgehead atoms. The van der Waals surface area contributed by atoms with E-state index in [1.165, 1.54) is 19.2 Å². The van der Waals surface area contributed by atoms with Gasteiger partial charge in [-0.15, -0.1) is 0 Å². The largest absolute Gasteiger partial charge is 0.479 e. The molecule has 0 aliphatic heterocycles. The number of benzene rings is 1. The maximum absolute atomic E-state index is 13.4. The van der Waals surface area contributed by atoms with Gasteiger partial charge in [0.1, 0.15) is 5.82 Å². The molecule has 2 aromatic rings. The number of hydrogen-bond acceptors (Lipinski definition) is 4. The molecule has 23 heavy (non-hydrogen) atoms. The van der Waals surface area contributed by atoms with Crippen LogP contribution < -0.4 is 10.1 Å². The Morgan fingerprint density at radius 3 is 2.74 bits per heavy atom. The highest BCUT2D eigenvalue weighted by Crippen LogP contribution is 2.31. The molecule has 0 radical (unpaired) electrons. The molecule has 1 heterocycles. The second-order valence-electron chi connectivity index (χ2n) is 5.82. The van der Waals surface area contributed by atoms with Crippen molar-refractivity contribution in [3.05, 3.63) is 47.7 Å². The maximum atomic E-state index is 13.4. The van der Waals surface area contributed by atoms with Crippen molar-refractivity contribution in [1.82, 2.24) is 9.97 Å². The molecular formula is C17H19F2N3O. The third-order valence-electron chi connectivity index (χ3n) is 4.29. The predicted molar refractivity (Wildman–Crippen MR) is 83.4 cm³/mol. The third kappa shape index (κ3) is 3.75. The molecule has 122 valence electrons. The van der Waals surface area contributed by atoms with E-state index in [4.69, 9.17) is 4.74 Å². The Labute approximate surface area is 133 Å². The fourth-order valence-electron chi connectivity index (χ4n) is 3.12. The topological polar surface area (TPSA) is 47.0 Å². The summed E-state index contributed by atoms with van der Waals surface area (Å²) in [5.74, 6) is -0.0658. The Bertz CT molecular complexity index is 663. The number of nitrogens with zero attached hydrogens (tertiary/aromatic N) is 2. The van der Waals surface area contributed by atoms with Gasteiger partial charge in [-0.3, -0.25) is 0 Å². The Morgan fingerprint density at radius 1 is 1.22 bits per heavy atom. The van der Waals surface area contributed by atoms with E-state index >= 15 is 0 Å². The first kappa shape index (κ1) is 15.6. The number of rotatable bonds is 5. The molecule has 0 spiro atoms. The molecule has 1 saturated carbocycles. The van der Waals surface area contributed by atoms with Crippen molar-refractivity contribution in [3.8, 4) is 5.88 Å². The SMILES string of the molecule is COc1nc(N[C@H]2CCC[C@H]2Cc2ccc(F)cc2)ncc1F. The van der Waals surface area contributed by atoms with Crippen LogP contribution >= 0.6 is 0 Å². The van der Waals surface area contributed by atoms with Gasteiger partial charge < -0.3 is 10.1 Å². The zero-order valence-corrected chi connectivity index (χ0v) is 12.9. The lowest BCUT2D eigenvalue weighted by molar-refractivity contribution is 0.367. The van der Waals surface area contributed by atoms with Crippen LogP contribution in [0.4, 0.5) is 14.7 Å². The van der Waals surface area contributed by atoms with E-state index in [-0.39, 0.29) is 17.7 Å². The highest BCUT2D eigenvalue weighted by Gasteiger charge is 2.28.